The van der Waals surface area contributed by atoms with E-state index in [0.717, 1.165) is 12.1 Å². The van der Waals surface area contributed by atoms with Gasteiger partial charge in [0.15, 0.2) is 0 Å². The van der Waals surface area contributed by atoms with Crippen LogP contribution in [-0.2, 0) is 0 Å². The fourth-order valence-electron chi connectivity index (χ4n) is 2.06. The van der Waals surface area contributed by atoms with Crippen molar-refractivity contribution in [3.8, 4) is 11.5 Å². The number of nitrogens with zero attached hydrogens (tertiary/aromatic N) is 1. The van der Waals surface area contributed by atoms with Crippen molar-refractivity contribution >= 4 is 6.21 Å². The Labute approximate surface area is 132 Å². The standard InChI is InChI=1S/C17H17F2NO3/c1-2-23-12-6-7-15(21)11(8-12)9-20-10-16(22)17-13(18)4-3-5-14(17)19/h3-9,16,21-22H,2,10H2,1H3. The Bertz CT molecular complexity index is 684. The zero-order chi connectivity index (χ0) is 16.8. The van der Waals surface area contributed by atoms with Gasteiger partial charge in [0.2, 0.25) is 0 Å². The molecule has 0 aliphatic rings. The summed E-state index contributed by atoms with van der Waals surface area (Å²) in [7, 11) is 0. The molecule has 6 heteroatoms. The Hall–Kier alpha value is -2.47. The van der Waals surface area contributed by atoms with Gasteiger partial charge in [-0.3, -0.25) is 4.99 Å². The molecule has 0 radical (unpaired) electrons. The maximum Gasteiger partial charge on any atom is 0.132 e. The first-order valence-corrected chi connectivity index (χ1v) is 7.10. The highest BCUT2D eigenvalue weighted by Gasteiger charge is 2.16. The van der Waals surface area contributed by atoms with Crippen LogP contribution < -0.4 is 4.74 Å². The van der Waals surface area contributed by atoms with Gasteiger partial charge in [-0.05, 0) is 37.3 Å². The molecule has 0 aliphatic heterocycles. The highest BCUT2D eigenvalue weighted by Crippen LogP contribution is 2.23. The lowest BCUT2D eigenvalue weighted by Gasteiger charge is -2.10. The van der Waals surface area contributed by atoms with E-state index in [-0.39, 0.29) is 12.3 Å². The van der Waals surface area contributed by atoms with Gasteiger partial charge in [-0.1, -0.05) is 6.07 Å². The molecule has 0 aromatic heterocycles. The molecule has 0 heterocycles. The zero-order valence-electron chi connectivity index (χ0n) is 12.5. The molecular weight excluding hydrogens is 304 g/mol. The highest BCUT2D eigenvalue weighted by molar-refractivity contribution is 5.84. The summed E-state index contributed by atoms with van der Waals surface area (Å²) in [6.45, 7) is 2.07. The molecule has 122 valence electrons. The van der Waals surface area contributed by atoms with Crippen LogP contribution in [0.5, 0.6) is 11.5 Å². The third-order valence-corrected chi connectivity index (χ3v) is 3.15. The molecule has 0 fully saturated rings. The lowest BCUT2D eigenvalue weighted by molar-refractivity contribution is 0.177. The molecular formula is C17H17F2NO3. The van der Waals surface area contributed by atoms with Crippen molar-refractivity contribution in [2.24, 2.45) is 4.99 Å². The number of aliphatic hydroxyl groups excluding tert-OH is 1. The smallest absolute Gasteiger partial charge is 0.132 e. The van der Waals surface area contributed by atoms with Gasteiger partial charge in [0.05, 0.1) is 18.7 Å². The van der Waals surface area contributed by atoms with Crippen LogP contribution in [0.1, 0.15) is 24.2 Å². The molecule has 23 heavy (non-hydrogen) atoms. The van der Waals surface area contributed by atoms with Crippen LogP contribution in [-0.4, -0.2) is 29.6 Å². The van der Waals surface area contributed by atoms with Gasteiger partial charge in [-0.25, -0.2) is 8.78 Å². The molecule has 1 unspecified atom stereocenters. The largest absolute Gasteiger partial charge is 0.507 e. The molecule has 0 aliphatic carbocycles. The normalized spacial score (nSPS) is 12.5. The lowest BCUT2D eigenvalue weighted by Crippen LogP contribution is -2.07. The number of aromatic hydroxyl groups is 1. The number of rotatable bonds is 6. The summed E-state index contributed by atoms with van der Waals surface area (Å²) < 4.78 is 32.4. The highest BCUT2D eigenvalue weighted by atomic mass is 19.1. The Morgan fingerprint density at radius 2 is 1.91 bits per heavy atom. The Balaban J connectivity index is 2.11. The fourth-order valence-corrected chi connectivity index (χ4v) is 2.06. The van der Waals surface area contributed by atoms with Crippen LogP contribution in [0, 0.1) is 11.6 Å². The van der Waals surface area contributed by atoms with Crippen molar-refractivity contribution in [3.63, 3.8) is 0 Å². The van der Waals surface area contributed by atoms with Gasteiger partial charge in [0.25, 0.3) is 0 Å². The number of phenolic OH excluding ortho intramolecular Hbond substituents is 1. The molecule has 1 atom stereocenters. The topological polar surface area (TPSA) is 62.0 Å². The maximum absolute atomic E-state index is 13.5. The van der Waals surface area contributed by atoms with Crippen molar-refractivity contribution in [2.45, 2.75) is 13.0 Å². The number of hydrogen-bond donors (Lipinski definition) is 2. The van der Waals surface area contributed by atoms with Crippen molar-refractivity contribution in [2.75, 3.05) is 13.2 Å². The third-order valence-electron chi connectivity index (χ3n) is 3.15. The van der Waals surface area contributed by atoms with E-state index in [9.17, 15) is 19.0 Å². The fraction of sp³-hybridized carbons (Fsp3) is 0.235. The number of hydrogen-bond acceptors (Lipinski definition) is 4. The molecule has 0 saturated carbocycles. The SMILES string of the molecule is CCOc1ccc(O)c(C=NCC(O)c2c(F)cccc2F)c1. The van der Waals surface area contributed by atoms with E-state index in [1.807, 2.05) is 6.92 Å². The van der Waals surface area contributed by atoms with Crippen LogP contribution in [0.25, 0.3) is 0 Å². The molecule has 0 amide bonds. The number of aliphatic imine (C=N–C) groups is 1. The third kappa shape index (κ3) is 4.26. The van der Waals surface area contributed by atoms with E-state index >= 15 is 0 Å². The van der Waals surface area contributed by atoms with Crippen molar-refractivity contribution in [3.05, 3.63) is 59.2 Å². The van der Waals surface area contributed by atoms with Crippen LogP contribution in [0.15, 0.2) is 41.4 Å². The molecule has 2 aromatic rings. The summed E-state index contributed by atoms with van der Waals surface area (Å²) in [5.41, 5.74) is -0.0332. The number of halogens is 2. The Morgan fingerprint density at radius 3 is 2.57 bits per heavy atom. The predicted molar refractivity (Wildman–Crippen MR) is 83.1 cm³/mol. The molecule has 2 aromatic carbocycles. The zero-order valence-corrected chi connectivity index (χ0v) is 12.5. The first kappa shape index (κ1) is 16.9. The van der Waals surface area contributed by atoms with E-state index in [0.29, 0.717) is 17.9 Å². The summed E-state index contributed by atoms with van der Waals surface area (Å²) in [5.74, 6) is -1.10. The van der Waals surface area contributed by atoms with Crippen molar-refractivity contribution in [1.29, 1.82) is 0 Å². The first-order chi connectivity index (χ1) is 11.0. The summed E-state index contributed by atoms with van der Waals surface area (Å²) in [6.07, 6.45) is -0.0931. The van der Waals surface area contributed by atoms with E-state index < -0.39 is 23.3 Å². The minimum absolute atomic E-state index is 0.0104. The summed E-state index contributed by atoms with van der Waals surface area (Å²) in [5, 5.41) is 19.6. The van der Waals surface area contributed by atoms with Crippen LogP contribution in [0.4, 0.5) is 8.78 Å². The van der Waals surface area contributed by atoms with Gasteiger partial charge in [-0.2, -0.15) is 0 Å². The van der Waals surface area contributed by atoms with Gasteiger partial charge in [0, 0.05) is 11.8 Å². The molecule has 0 spiro atoms. The number of benzene rings is 2. The van der Waals surface area contributed by atoms with E-state index in [1.54, 1.807) is 12.1 Å². The van der Waals surface area contributed by atoms with E-state index in [1.165, 1.54) is 18.3 Å². The van der Waals surface area contributed by atoms with Gasteiger partial charge >= 0.3 is 0 Å². The second-order valence-electron chi connectivity index (χ2n) is 4.80. The first-order valence-electron chi connectivity index (χ1n) is 7.10. The van der Waals surface area contributed by atoms with Crippen LogP contribution in [0.2, 0.25) is 0 Å². The molecule has 0 bridgehead atoms. The second kappa shape index (κ2) is 7.69. The summed E-state index contributed by atoms with van der Waals surface area (Å²) in [6, 6.07) is 8.02. The van der Waals surface area contributed by atoms with E-state index in [2.05, 4.69) is 4.99 Å². The predicted octanol–water partition coefficient (Wildman–Crippen LogP) is 3.22. The molecule has 4 nitrogen and oxygen atoms in total. The lowest BCUT2D eigenvalue weighted by atomic mass is 10.1. The van der Waals surface area contributed by atoms with Gasteiger partial charge in [-0.15, -0.1) is 0 Å². The Morgan fingerprint density at radius 1 is 1.22 bits per heavy atom. The number of phenols is 1. The summed E-state index contributed by atoms with van der Waals surface area (Å²) >= 11 is 0. The Kier molecular flexibility index (Phi) is 5.65. The molecule has 0 saturated heterocycles. The number of ether oxygens (including phenoxy) is 1. The summed E-state index contributed by atoms with van der Waals surface area (Å²) in [4.78, 5) is 3.94. The van der Waals surface area contributed by atoms with Crippen molar-refractivity contribution in [1.82, 2.24) is 0 Å². The minimum Gasteiger partial charge on any atom is -0.507 e. The monoisotopic (exact) mass is 321 g/mol. The minimum atomic E-state index is -1.41. The number of aliphatic hydroxyl groups is 1. The molecule has 2 rings (SSSR count). The van der Waals surface area contributed by atoms with E-state index in [4.69, 9.17) is 4.74 Å². The van der Waals surface area contributed by atoms with Crippen molar-refractivity contribution < 1.29 is 23.7 Å². The second-order valence-corrected chi connectivity index (χ2v) is 4.80. The average molecular weight is 321 g/mol. The molecule has 2 N–H and O–H groups in total. The quantitative estimate of drug-likeness (QED) is 0.803. The van der Waals surface area contributed by atoms with Crippen LogP contribution >= 0.6 is 0 Å². The van der Waals surface area contributed by atoms with Gasteiger partial charge < -0.3 is 14.9 Å². The van der Waals surface area contributed by atoms with Crippen LogP contribution in [0.3, 0.4) is 0 Å². The average Bonchev–Trinajstić information content (AvgIpc) is 2.50. The van der Waals surface area contributed by atoms with Gasteiger partial charge in [0.1, 0.15) is 29.2 Å². The maximum atomic E-state index is 13.5.